The summed E-state index contributed by atoms with van der Waals surface area (Å²) in [6.07, 6.45) is 0. The van der Waals surface area contributed by atoms with Gasteiger partial charge in [-0.15, -0.1) is 0 Å². The van der Waals surface area contributed by atoms with Crippen LogP contribution in [0.3, 0.4) is 0 Å². The highest BCUT2D eigenvalue weighted by atomic mass is 16.5. The monoisotopic (exact) mass is 267 g/mol. The minimum absolute atomic E-state index is 0.385. The van der Waals surface area contributed by atoms with E-state index in [2.05, 4.69) is 4.98 Å². The summed E-state index contributed by atoms with van der Waals surface area (Å²) in [6, 6.07) is 16.3. The summed E-state index contributed by atoms with van der Waals surface area (Å²) in [5, 5.41) is 0.931. The van der Waals surface area contributed by atoms with E-state index in [1.807, 2.05) is 24.3 Å². The molecule has 0 aliphatic rings. The first-order valence-corrected chi connectivity index (χ1v) is 6.20. The first-order valence-electron chi connectivity index (χ1n) is 6.20. The topological polar surface area (TPSA) is 51.3 Å². The van der Waals surface area contributed by atoms with Gasteiger partial charge in [0.15, 0.2) is 0 Å². The molecule has 0 fully saturated rings. The molecule has 20 heavy (non-hydrogen) atoms. The molecule has 0 bridgehead atoms. The van der Waals surface area contributed by atoms with Crippen molar-refractivity contribution in [2.45, 2.75) is 0 Å². The molecule has 0 saturated heterocycles. The lowest BCUT2D eigenvalue weighted by Crippen LogP contribution is -2.08. The third kappa shape index (κ3) is 2.36. The average Bonchev–Trinajstić information content (AvgIpc) is 2.89. The Bertz CT molecular complexity index is 747. The van der Waals surface area contributed by atoms with Gasteiger partial charge >= 0.3 is 5.97 Å². The van der Waals surface area contributed by atoms with Gasteiger partial charge in [0.05, 0.1) is 12.7 Å². The van der Waals surface area contributed by atoms with Gasteiger partial charge in [0.25, 0.3) is 0 Å². The number of carbonyl (C=O) groups is 1. The Morgan fingerprint density at radius 2 is 1.85 bits per heavy atom. The molecule has 0 spiro atoms. The highest BCUT2D eigenvalue weighted by Gasteiger charge is 2.10. The van der Waals surface area contributed by atoms with Crippen molar-refractivity contribution >= 4 is 16.9 Å². The van der Waals surface area contributed by atoms with Gasteiger partial charge in [0.1, 0.15) is 5.75 Å². The first kappa shape index (κ1) is 12.3. The van der Waals surface area contributed by atoms with Crippen molar-refractivity contribution in [2.24, 2.45) is 0 Å². The zero-order valence-corrected chi connectivity index (χ0v) is 10.9. The standard InChI is InChI=1S/C16H13NO3/c1-19-13-7-8-14-12(9-13)10-15(17-14)20-16(18)11-5-3-2-4-6-11/h2-10,17H,1H3. The fraction of sp³-hybridized carbons (Fsp3) is 0.0625. The molecule has 0 saturated carbocycles. The van der Waals surface area contributed by atoms with Crippen LogP contribution in [0.1, 0.15) is 10.4 Å². The second-order valence-electron chi connectivity index (χ2n) is 4.34. The lowest BCUT2D eigenvalue weighted by atomic mass is 10.2. The molecule has 100 valence electrons. The minimum atomic E-state index is -0.385. The number of carbonyl (C=O) groups excluding carboxylic acids is 1. The molecule has 4 nitrogen and oxygen atoms in total. The van der Waals surface area contributed by atoms with Gasteiger partial charge in [0.2, 0.25) is 5.88 Å². The van der Waals surface area contributed by atoms with Crippen LogP contribution in [0.2, 0.25) is 0 Å². The Morgan fingerprint density at radius 1 is 1.05 bits per heavy atom. The van der Waals surface area contributed by atoms with Gasteiger partial charge < -0.3 is 14.5 Å². The SMILES string of the molecule is COc1ccc2[nH]c(OC(=O)c3ccccc3)cc2c1. The van der Waals surface area contributed by atoms with Crippen molar-refractivity contribution in [3.63, 3.8) is 0 Å². The van der Waals surface area contributed by atoms with E-state index in [4.69, 9.17) is 9.47 Å². The quantitative estimate of drug-likeness (QED) is 0.740. The zero-order valence-electron chi connectivity index (χ0n) is 10.9. The number of hydrogen-bond acceptors (Lipinski definition) is 3. The van der Waals surface area contributed by atoms with Gasteiger partial charge in [-0.25, -0.2) is 4.79 Å². The predicted octanol–water partition coefficient (Wildman–Crippen LogP) is 3.40. The molecule has 0 amide bonds. The molecule has 0 aliphatic carbocycles. The molecule has 4 heteroatoms. The van der Waals surface area contributed by atoms with Gasteiger partial charge in [-0.1, -0.05) is 18.2 Å². The highest BCUT2D eigenvalue weighted by Crippen LogP contribution is 2.25. The fourth-order valence-corrected chi connectivity index (χ4v) is 2.00. The average molecular weight is 267 g/mol. The van der Waals surface area contributed by atoms with Crippen LogP contribution in [0.5, 0.6) is 11.6 Å². The Morgan fingerprint density at radius 3 is 2.60 bits per heavy atom. The van der Waals surface area contributed by atoms with Crippen LogP contribution >= 0.6 is 0 Å². The lowest BCUT2D eigenvalue weighted by Gasteiger charge is -2.00. The van der Waals surface area contributed by atoms with Crippen LogP contribution in [0.25, 0.3) is 10.9 Å². The van der Waals surface area contributed by atoms with Crippen LogP contribution in [0, 0.1) is 0 Å². The molecule has 0 atom stereocenters. The normalized spacial score (nSPS) is 10.4. The molecule has 0 unspecified atom stereocenters. The number of methoxy groups -OCH3 is 1. The zero-order chi connectivity index (χ0) is 13.9. The number of benzene rings is 2. The van der Waals surface area contributed by atoms with Crippen molar-refractivity contribution in [1.29, 1.82) is 0 Å². The molecular formula is C16H13NO3. The minimum Gasteiger partial charge on any atom is -0.497 e. The number of fused-ring (bicyclic) bond motifs is 1. The van der Waals surface area contributed by atoms with E-state index in [0.717, 1.165) is 16.7 Å². The Hall–Kier alpha value is -2.75. The van der Waals surface area contributed by atoms with E-state index in [-0.39, 0.29) is 5.97 Å². The third-order valence-corrected chi connectivity index (χ3v) is 3.02. The number of aromatic amines is 1. The number of nitrogens with one attached hydrogen (secondary N) is 1. The number of aromatic nitrogens is 1. The van der Waals surface area contributed by atoms with Crippen LogP contribution in [0.15, 0.2) is 54.6 Å². The van der Waals surface area contributed by atoms with E-state index in [0.29, 0.717) is 11.4 Å². The van der Waals surface area contributed by atoms with Crippen LogP contribution in [0.4, 0.5) is 0 Å². The number of ether oxygens (including phenoxy) is 2. The van der Waals surface area contributed by atoms with Crippen molar-refractivity contribution < 1.29 is 14.3 Å². The Labute approximate surface area is 115 Å². The van der Waals surface area contributed by atoms with Gasteiger partial charge in [-0.2, -0.15) is 0 Å². The van der Waals surface area contributed by atoms with E-state index in [1.54, 1.807) is 37.4 Å². The maximum Gasteiger partial charge on any atom is 0.344 e. The van der Waals surface area contributed by atoms with Crippen LogP contribution in [-0.4, -0.2) is 18.1 Å². The molecule has 0 aliphatic heterocycles. The van der Waals surface area contributed by atoms with E-state index in [1.165, 1.54) is 0 Å². The summed E-state index contributed by atoms with van der Waals surface area (Å²) in [4.78, 5) is 15.0. The smallest absolute Gasteiger partial charge is 0.344 e. The number of rotatable bonds is 3. The maximum atomic E-state index is 11.9. The van der Waals surface area contributed by atoms with Gasteiger partial charge in [-0.05, 0) is 30.3 Å². The molecular weight excluding hydrogens is 254 g/mol. The molecule has 1 aromatic heterocycles. The summed E-state index contributed by atoms with van der Waals surface area (Å²) in [7, 11) is 1.62. The summed E-state index contributed by atoms with van der Waals surface area (Å²) in [5.74, 6) is 0.795. The summed E-state index contributed by atoms with van der Waals surface area (Å²) < 4.78 is 10.5. The summed E-state index contributed by atoms with van der Waals surface area (Å²) in [6.45, 7) is 0. The molecule has 1 heterocycles. The number of esters is 1. The second kappa shape index (κ2) is 5.09. The van der Waals surface area contributed by atoms with Gasteiger partial charge in [-0.3, -0.25) is 0 Å². The summed E-state index contributed by atoms with van der Waals surface area (Å²) in [5.41, 5.74) is 1.41. The molecule has 2 aromatic carbocycles. The highest BCUT2D eigenvalue weighted by molar-refractivity contribution is 5.92. The fourth-order valence-electron chi connectivity index (χ4n) is 2.00. The van der Waals surface area contributed by atoms with E-state index >= 15 is 0 Å². The Kier molecular flexibility index (Phi) is 3.13. The van der Waals surface area contributed by atoms with Crippen molar-refractivity contribution in [2.75, 3.05) is 7.11 Å². The van der Waals surface area contributed by atoms with Crippen molar-refractivity contribution in [3.05, 3.63) is 60.2 Å². The van der Waals surface area contributed by atoms with Crippen molar-refractivity contribution in [1.82, 2.24) is 4.98 Å². The maximum absolute atomic E-state index is 11.9. The predicted molar refractivity (Wildman–Crippen MR) is 76.3 cm³/mol. The van der Waals surface area contributed by atoms with Gasteiger partial charge in [0, 0.05) is 17.0 Å². The van der Waals surface area contributed by atoms with Crippen LogP contribution in [-0.2, 0) is 0 Å². The second-order valence-corrected chi connectivity index (χ2v) is 4.34. The molecule has 1 N–H and O–H groups in total. The molecule has 0 radical (unpaired) electrons. The largest absolute Gasteiger partial charge is 0.497 e. The number of hydrogen-bond donors (Lipinski definition) is 1. The first-order chi connectivity index (χ1) is 9.76. The van der Waals surface area contributed by atoms with E-state index in [9.17, 15) is 4.79 Å². The molecule has 3 rings (SSSR count). The third-order valence-electron chi connectivity index (χ3n) is 3.02. The van der Waals surface area contributed by atoms with Crippen molar-refractivity contribution in [3.8, 4) is 11.6 Å². The number of H-pyrrole nitrogens is 1. The lowest BCUT2D eigenvalue weighted by molar-refractivity contribution is 0.0729. The van der Waals surface area contributed by atoms with E-state index < -0.39 is 0 Å². The molecule has 3 aromatic rings. The van der Waals surface area contributed by atoms with Crippen LogP contribution < -0.4 is 9.47 Å². The summed E-state index contributed by atoms with van der Waals surface area (Å²) >= 11 is 0. The Balaban J connectivity index is 1.86.